The summed E-state index contributed by atoms with van der Waals surface area (Å²) in [5, 5.41) is 6.17. The Balaban J connectivity index is 1.76. The van der Waals surface area contributed by atoms with Gasteiger partial charge < -0.3 is 21.3 Å². The molecule has 0 radical (unpaired) electrons. The SMILES string of the molecule is C=CCCNc1nc(NC(=O)c2ccc(N)cc2N2CCC(CC=C)CC2)ccc1Br. The Morgan fingerprint density at radius 3 is 2.71 bits per heavy atom. The van der Waals surface area contributed by atoms with Gasteiger partial charge in [-0.25, -0.2) is 4.98 Å². The number of halogens is 1. The van der Waals surface area contributed by atoms with Crippen LogP contribution in [0, 0.1) is 5.92 Å². The molecule has 0 unspecified atom stereocenters. The molecule has 1 aromatic carbocycles. The first kappa shape index (κ1) is 22.9. The predicted molar refractivity (Wildman–Crippen MR) is 134 cm³/mol. The molecular formula is C24H30BrN5O. The van der Waals surface area contributed by atoms with E-state index in [1.165, 1.54) is 0 Å². The Morgan fingerprint density at radius 1 is 1.23 bits per heavy atom. The van der Waals surface area contributed by atoms with Crippen molar-refractivity contribution in [3.05, 3.63) is 65.7 Å². The molecule has 1 aromatic heterocycles. The van der Waals surface area contributed by atoms with Crippen molar-refractivity contribution in [2.75, 3.05) is 40.9 Å². The molecule has 0 spiro atoms. The molecule has 1 aliphatic rings. The first-order valence-electron chi connectivity index (χ1n) is 10.6. The van der Waals surface area contributed by atoms with E-state index in [-0.39, 0.29) is 5.91 Å². The highest BCUT2D eigenvalue weighted by atomic mass is 79.9. The number of benzene rings is 1. The van der Waals surface area contributed by atoms with Gasteiger partial charge in [0.05, 0.1) is 15.7 Å². The third-order valence-corrected chi connectivity index (χ3v) is 6.09. The summed E-state index contributed by atoms with van der Waals surface area (Å²) in [5.41, 5.74) is 8.17. The zero-order valence-electron chi connectivity index (χ0n) is 17.7. The molecular weight excluding hydrogens is 454 g/mol. The van der Waals surface area contributed by atoms with Gasteiger partial charge in [-0.1, -0.05) is 12.2 Å². The number of allylic oxidation sites excluding steroid dienone is 1. The van der Waals surface area contributed by atoms with Crippen LogP contribution in [0.4, 0.5) is 23.0 Å². The molecule has 2 heterocycles. The van der Waals surface area contributed by atoms with Gasteiger partial charge >= 0.3 is 0 Å². The van der Waals surface area contributed by atoms with Crippen molar-refractivity contribution in [1.82, 2.24) is 4.98 Å². The number of carbonyl (C=O) groups is 1. The quantitative estimate of drug-likeness (QED) is 0.250. The molecule has 1 aliphatic heterocycles. The fourth-order valence-corrected chi connectivity index (χ4v) is 4.12. The van der Waals surface area contributed by atoms with Gasteiger partial charge in [0.2, 0.25) is 0 Å². The lowest BCUT2D eigenvalue weighted by Crippen LogP contribution is -2.35. The van der Waals surface area contributed by atoms with E-state index in [4.69, 9.17) is 5.73 Å². The third-order valence-electron chi connectivity index (χ3n) is 5.45. The summed E-state index contributed by atoms with van der Waals surface area (Å²) in [6.45, 7) is 10.1. The van der Waals surface area contributed by atoms with E-state index >= 15 is 0 Å². The normalized spacial score (nSPS) is 14.2. The molecule has 1 fully saturated rings. The van der Waals surface area contributed by atoms with E-state index < -0.39 is 0 Å². The van der Waals surface area contributed by atoms with E-state index in [0.29, 0.717) is 28.8 Å². The molecule has 2 aromatic rings. The van der Waals surface area contributed by atoms with E-state index in [1.54, 1.807) is 18.2 Å². The minimum Gasteiger partial charge on any atom is -0.399 e. The lowest BCUT2D eigenvalue weighted by atomic mass is 9.93. The minimum absolute atomic E-state index is 0.199. The first-order chi connectivity index (χ1) is 15.0. The Hall–Kier alpha value is -2.80. The number of nitrogen functional groups attached to an aromatic ring is 1. The minimum atomic E-state index is -0.199. The van der Waals surface area contributed by atoms with Gasteiger partial charge in [0.1, 0.15) is 11.6 Å². The van der Waals surface area contributed by atoms with Crippen molar-refractivity contribution >= 4 is 44.8 Å². The smallest absolute Gasteiger partial charge is 0.258 e. The van der Waals surface area contributed by atoms with Gasteiger partial charge in [-0.3, -0.25) is 4.79 Å². The molecule has 0 saturated carbocycles. The second kappa shape index (κ2) is 11.0. The van der Waals surface area contributed by atoms with E-state index in [9.17, 15) is 4.79 Å². The van der Waals surface area contributed by atoms with Crippen molar-refractivity contribution in [1.29, 1.82) is 0 Å². The zero-order chi connectivity index (χ0) is 22.2. The number of nitrogens with zero attached hydrogens (tertiary/aromatic N) is 2. The first-order valence-corrected chi connectivity index (χ1v) is 11.4. The summed E-state index contributed by atoms with van der Waals surface area (Å²) in [6, 6.07) is 9.09. The number of anilines is 4. The number of pyridine rings is 1. The maximum atomic E-state index is 13.1. The van der Waals surface area contributed by atoms with E-state index in [2.05, 4.69) is 49.6 Å². The van der Waals surface area contributed by atoms with Crippen LogP contribution in [0.5, 0.6) is 0 Å². The zero-order valence-corrected chi connectivity index (χ0v) is 19.3. The summed E-state index contributed by atoms with van der Waals surface area (Å²) < 4.78 is 0.838. The van der Waals surface area contributed by atoms with E-state index in [1.807, 2.05) is 24.3 Å². The molecule has 0 atom stereocenters. The monoisotopic (exact) mass is 483 g/mol. The Kier molecular flexibility index (Phi) is 8.12. The van der Waals surface area contributed by atoms with Gasteiger partial charge in [0, 0.05) is 25.3 Å². The number of hydrogen-bond donors (Lipinski definition) is 3. The summed E-state index contributed by atoms with van der Waals surface area (Å²) in [5.74, 6) is 1.63. The third kappa shape index (κ3) is 6.10. The number of carbonyl (C=O) groups excluding carboxylic acids is 1. The second-order valence-corrected chi connectivity index (χ2v) is 8.57. The molecule has 0 bridgehead atoms. The molecule has 0 aliphatic carbocycles. The van der Waals surface area contributed by atoms with Crippen LogP contribution in [0.1, 0.15) is 36.0 Å². The number of rotatable bonds is 9. The Morgan fingerprint density at radius 2 is 2.00 bits per heavy atom. The fourth-order valence-electron chi connectivity index (χ4n) is 3.76. The maximum Gasteiger partial charge on any atom is 0.258 e. The van der Waals surface area contributed by atoms with Crippen LogP contribution < -0.4 is 21.3 Å². The van der Waals surface area contributed by atoms with Crippen LogP contribution in [0.25, 0.3) is 0 Å². The Labute approximate surface area is 192 Å². The maximum absolute atomic E-state index is 13.1. The largest absolute Gasteiger partial charge is 0.399 e. The van der Waals surface area contributed by atoms with Gasteiger partial charge in [0.15, 0.2) is 0 Å². The van der Waals surface area contributed by atoms with Crippen LogP contribution in [-0.4, -0.2) is 30.5 Å². The Bertz CT molecular complexity index is 938. The van der Waals surface area contributed by atoms with Gasteiger partial charge in [-0.15, -0.1) is 13.2 Å². The molecule has 164 valence electrons. The van der Waals surface area contributed by atoms with Gasteiger partial charge in [-0.05, 0) is 77.9 Å². The number of nitrogens with one attached hydrogen (secondary N) is 2. The second-order valence-electron chi connectivity index (χ2n) is 7.72. The van der Waals surface area contributed by atoms with Crippen LogP contribution in [-0.2, 0) is 0 Å². The summed E-state index contributed by atoms with van der Waals surface area (Å²) in [4.78, 5) is 19.9. The predicted octanol–water partition coefficient (Wildman–Crippen LogP) is 5.46. The summed E-state index contributed by atoms with van der Waals surface area (Å²) >= 11 is 3.49. The van der Waals surface area contributed by atoms with Gasteiger partial charge in [0.25, 0.3) is 5.91 Å². The number of piperidine rings is 1. The molecule has 1 amide bonds. The summed E-state index contributed by atoms with van der Waals surface area (Å²) in [7, 11) is 0. The van der Waals surface area contributed by atoms with Crippen molar-refractivity contribution < 1.29 is 4.79 Å². The lowest BCUT2D eigenvalue weighted by Gasteiger charge is -2.34. The lowest BCUT2D eigenvalue weighted by molar-refractivity contribution is 0.102. The van der Waals surface area contributed by atoms with Crippen LogP contribution in [0.15, 0.2) is 60.1 Å². The van der Waals surface area contributed by atoms with Gasteiger partial charge in [-0.2, -0.15) is 0 Å². The number of hydrogen-bond acceptors (Lipinski definition) is 5. The van der Waals surface area contributed by atoms with Crippen molar-refractivity contribution in [2.45, 2.75) is 25.7 Å². The molecule has 7 heteroatoms. The topological polar surface area (TPSA) is 83.3 Å². The average molecular weight is 484 g/mol. The molecule has 3 rings (SSSR count). The van der Waals surface area contributed by atoms with Crippen LogP contribution in [0.3, 0.4) is 0 Å². The van der Waals surface area contributed by atoms with E-state index in [0.717, 1.165) is 55.5 Å². The fraction of sp³-hybridized carbons (Fsp3) is 0.333. The molecule has 1 saturated heterocycles. The highest BCUT2D eigenvalue weighted by Crippen LogP contribution is 2.30. The standard InChI is InChI=1S/C24H30BrN5O/c1-3-5-13-27-23-20(25)9-10-22(28-23)29-24(31)19-8-7-18(26)16-21(19)30-14-11-17(6-4-2)12-15-30/h3-4,7-10,16-17H,1-2,5-6,11-15,26H2,(H2,27,28,29,31). The molecule has 31 heavy (non-hydrogen) atoms. The molecule has 4 N–H and O–H groups in total. The average Bonchev–Trinajstić information content (AvgIpc) is 2.76. The summed E-state index contributed by atoms with van der Waals surface area (Å²) in [6.07, 6.45) is 7.85. The highest BCUT2D eigenvalue weighted by Gasteiger charge is 2.23. The number of aromatic nitrogens is 1. The van der Waals surface area contributed by atoms with Crippen LogP contribution in [0.2, 0.25) is 0 Å². The van der Waals surface area contributed by atoms with Crippen molar-refractivity contribution in [3.8, 4) is 0 Å². The highest BCUT2D eigenvalue weighted by molar-refractivity contribution is 9.10. The molecule has 6 nitrogen and oxygen atoms in total. The number of amides is 1. The van der Waals surface area contributed by atoms with Crippen molar-refractivity contribution in [2.24, 2.45) is 5.92 Å². The van der Waals surface area contributed by atoms with Crippen molar-refractivity contribution in [3.63, 3.8) is 0 Å². The van der Waals surface area contributed by atoms with Crippen LogP contribution >= 0.6 is 15.9 Å². The number of nitrogens with two attached hydrogens (primary N) is 1.